The number of ether oxygens (including phenoxy) is 1. The van der Waals surface area contributed by atoms with Gasteiger partial charge in [-0.15, -0.1) is 13.2 Å². The number of halogens is 5. The van der Waals surface area contributed by atoms with Crippen LogP contribution in [0.25, 0.3) is 0 Å². The molecule has 0 atom stereocenters. The molecule has 0 aliphatic carbocycles. The molecule has 1 rings (SSSR count). The Hall–Kier alpha value is -0.540. The molecule has 1 aromatic rings. The number of alkyl halides is 3. The van der Waals surface area contributed by atoms with Gasteiger partial charge in [0.1, 0.15) is 0 Å². The average Bonchev–Trinajstić information content (AvgIpc) is 2.04. The van der Waals surface area contributed by atoms with E-state index in [-0.39, 0.29) is 4.47 Å². The van der Waals surface area contributed by atoms with Crippen molar-refractivity contribution in [2.75, 3.05) is 0 Å². The number of hydrogen-bond acceptors (Lipinski definition) is 4. The third-order valence-electron chi connectivity index (χ3n) is 1.27. The van der Waals surface area contributed by atoms with Gasteiger partial charge in [0.05, 0.1) is 4.47 Å². The van der Waals surface area contributed by atoms with E-state index in [1.807, 2.05) is 0 Å². The Morgan fingerprint density at radius 2 is 2.00 bits per heavy atom. The highest BCUT2D eigenvalue weighted by atomic mass is 79.9. The molecule has 0 aliphatic rings. The van der Waals surface area contributed by atoms with Crippen LogP contribution in [0.4, 0.5) is 13.2 Å². The zero-order valence-corrected chi connectivity index (χ0v) is 10.3. The summed E-state index contributed by atoms with van der Waals surface area (Å²) in [6.07, 6.45) is -4.07. The van der Waals surface area contributed by atoms with Crippen LogP contribution < -0.4 is 4.74 Å². The maximum absolute atomic E-state index is 12.0. The number of pyridine rings is 1. The summed E-state index contributed by atoms with van der Waals surface area (Å²) in [6, 6.07) is 1.09. The fourth-order valence-electron chi connectivity index (χ4n) is 0.789. The molecule has 0 N–H and O–H groups in total. The van der Waals surface area contributed by atoms with Crippen LogP contribution in [0.3, 0.4) is 0 Å². The fourth-order valence-corrected chi connectivity index (χ4v) is 2.20. The monoisotopic (exact) mass is 339 g/mol. The topological polar surface area (TPSA) is 56.3 Å². The first-order valence-electron chi connectivity index (χ1n) is 3.46. The lowest BCUT2D eigenvalue weighted by Gasteiger charge is -2.12. The summed E-state index contributed by atoms with van der Waals surface area (Å²) in [4.78, 5) is 3.22. The number of aromatic nitrogens is 1. The third kappa shape index (κ3) is 3.49. The maximum Gasteiger partial charge on any atom is 0.573 e. The zero-order chi connectivity index (χ0) is 12.6. The van der Waals surface area contributed by atoms with Gasteiger partial charge in [-0.2, -0.15) is 0 Å². The van der Waals surface area contributed by atoms with Gasteiger partial charge >= 0.3 is 6.36 Å². The molecule has 0 unspecified atom stereocenters. The van der Waals surface area contributed by atoms with E-state index in [0.29, 0.717) is 0 Å². The number of hydrogen-bond donors (Lipinski definition) is 0. The SMILES string of the molecule is O=S(=O)(Cl)c1nccc(Br)c1OC(F)(F)F. The van der Waals surface area contributed by atoms with Crippen molar-refractivity contribution < 1.29 is 26.3 Å². The molecule has 1 heterocycles. The van der Waals surface area contributed by atoms with Gasteiger partial charge in [0.25, 0.3) is 9.05 Å². The van der Waals surface area contributed by atoms with Crippen LogP contribution in [0, 0.1) is 0 Å². The molecular weight excluding hydrogens is 338 g/mol. The molecule has 4 nitrogen and oxygen atoms in total. The molecule has 0 bridgehead atoms. The minimum Gasteiger partial charge on any atom is -0.401 e. The Kier molecular flexibility index (Phi) is 3.70. The van der Waals surface area contributed by atoms with Crippen molar-refractivity contribution in [1.82, 2.24) is 4.98 Å². The van der Waals surface area contributed by atoms with E-state index in [0.717, 1.165) is 12.3 Å². The molecule has 0 aliphatic heterocycles. The van der Waals surface area contributed by atoms with Gasteiger partial charge in [0.15, 0.2) is 5.75 Å². The van der Waals surface area contributed by atoms with Crippen LogP contribution in [0.2, 0.25) is 0 Å². The molecule has 0 spiro atoms. The molecule has 90 valence electrons. The Morgan fingerprint density at radius 3 is 2.44 bits per heavy atom. The smallest absolute Gasteiger partial charge is 0.401 e. The molecule has 0 aromatic carbocycles. The van der Waals surface area contributed by atoms with Crippen molar-refractivity contribution in [3.8, 4) is 5.75 Å². The van der Waals surface area contributed by atoms with E-state index in [1.165, 1.54) is 0 Å². The van der Waals surface area contributed by atoms with Gasteiger partial charge in [-0.25, -0.2) is 13.4 Å². The quantitative estimate of drug-likeness (QED) is 0.777. The van der Waals surface area contributed by atoms with Crippen molar-refractivity contribution >= 4 is 35.7 Å². The minimum atomic E-state index is -5.04. The zero-order valence-electron chi connectivity index (χ0n) is 7.12. The van der Waals surface area contributed by atoms with Gasteiger partial charge in [-0.1, -0.05) is 0 Å². The van der Waals surface area contributed by atoms with Crippen molar-refractivity contribution in [2.24, 2.45) is 0 Å². The van der Waals surface area contributed by atoms with E-state index < -0.39 is 26.2 Å². The highest BCUT2D eigenvalue weighted by Gasteiger charge is 2.35. The van der Waals surface area contributed by atoms with Gasteiger partial charge < -0.3 is 4.74 Å². The normalized spacial score (nSPS) is 12.6. The van der Waals surface area contributed by atoms with Crippen LogP contribution in [0.15, 0.2) is 21.8 Å². The van der Waals surface area contributed by atoms with Crippen molar-refractivity contribution in [2.45, 2.75) is 11.4 Å². The molecule has 0 amide bonds. The van der Waals surface area contributed by atoms with Crippen molar-refractivity contribution in [3.63, 3.8) is 0 Å². The summed E-state index contributed by atoms with van der Waals surface area (Å²) in [6.45, 7) is 0. The first-order valence-corrected chi connectivity index (χ1v) is 6.56. The third-order valence-corrected chi connectivity index (χ3v) is 3.09. The van der Waals surface area contributed by atoms with Crippen LogP contribution in [0.5, 0.6) is 5.75 Å². The lowest BCUT2D eigenvalue weighted by molar-refractivity contribution is -0.276. The maximum atomic E-state index is 12.0. The fraction of sp³-hybridized carbons (Fsp3) is 0.167. The first-order chi connectivity index (χ1) is 7.11. The second-order valence-corrected chi connectivity index (χ2v) is 5.75. The highest BCUT2D eigenvalue weighted by Crippen LogP contribution is 2.35. The summed E-state index contributed by atoms with van der Waals surface area (Å²) < 4.78 is 61.1. The van der Waals surface area contributed by atoms with Gasteiger partial charge in [-0.3, -0.25) is 0 Å². The second kappa shape index (κ2) is 4.38. The lowest BCUT2D eigenvalue weighted by atomic mass is 10.5. The number of rotatable bonds is 2. The molecular formula is C6H2BrClF3NO3S. The van der Waals surface area contributed by atoms with Crippen molar-refractivity contribution in [1.29, 1.82) is 0 Å². The predicted octanol–water partition coefficient (Wildman–Crippen LogP) is 2.67. The van der Waals surface area contributed by atoms with Crippen molar-refractivity contribution in [3.05, 3.63) is 16.7 Å². The summed E-state index contributed by atoms with van der Waals surface area (Å²) in [5, 5.41) is -0.999. The lowest BCUT2D eigenvalue weighted by Crippen LogP contribution is -2.19. The van der Waals surface area contributed by atoms with E-state index in [4.69, 9.17) is 10.7 Å². The van der Waals surface area contributed by atoms with E-state index in [2.05, 4.69) is 25.7 Å². The summed E-state index contributed by atoms with van der Waals surface area (Å²) in [7, 11) is 0.484. The molecule has 1 aromatic heterocycles. The first kappa shape index (κ1) is 13.5. The van der Waals surface area contributed by atoms with Gasteiger partial charge in [-0.05, 0) is 22.0 Å². The molecule has 0 fully saturated rings. The van der Waals surface area contributed by atoms with E-state index in [1.54, 1.807) is 0 Å². The summed E-state index contributed by atoms with van der Waals surface area (Å²) in [5.41, 5.74) is 0. The Balaban J connectivity index is 3.36. The Morgan fingerprint density at radius 1 is 1.44 bits per heavy atom. The molecule has 0 radical (unpaired) electrons. The molecule has 0 saturated heterocycles. The van der Waals surface area contributed by atoms with Gasteiger partial charge in [0.2, 0.25) is 5.03 Å². The summed E-state index contributed by atoms with van der Waals surface area (Å²) in [5.74, 6) is -0.995. The van der Waals surface area contributed by atoms with Crippen LogP contribution >= 0.6 is 26.6 Å². The van der Waals surface area contributed by atoms with E-state index in [9.17, 15) is 21.6 Å². The number of nitrogens with zero attached hydrogens (tertiary/aromatic N) is 1. The Bertz CT molecular complexity index is 504. The largest absolute Gasteiger partial charge is 0.573 e. The van der Waals surface area contributed by atoms with Crippen LogP contribution in [0.1, 0.15) is 0 Å². The van der Waals surface area contributed by atoms with Crippen LogP contribution in [-0.2, 0) is 9.05 Å². The predicted molar refractivity (Wildman–Crippen MR) is 51.7 cm³/mol. The standard InChI is InChI=1S/C6H2BrClF3NO3S/c7-3-1-2-12-5(16(8,13)14)4(3)15-6(9,10)11/h1-2H. The average molecular weight is 341 g/mol. The van der Waals surface area contributed by atoms with Gasteiger partial charge in [0, 0.05) is 16.9 Å². The molecule has 16 heavy (non-hydrogen) atoms. The highest BCUT2D eigenvalue weighted by molar-refractivity contribution is 9.10. The Labute approximate surface area is 101 Å². The molecule has 0 saturated carbocycles. The van der Waals surface area contributed by atoms with Crippen LogP contribution in [-0.4, -0.2) is 19.8 Å². The second-order valence-electron chi connectivity index (χ2n) is 2.41. The molecule has 10 heteroatoms. The summed E-state index contributed by atoms with van der Waals surface area (Å²) >= 11 is 2.70. The van der Waals surface area contributed by atoms with E-state index >= 15 is 0 Å². The minimum absolute atomic E-state index is 0.223.